The van der Waals surface area contributed by atoms with Crippen molar-refractivity contribution in [3.05, 3.63) is 0 Å². The van der Waals surface area contributed by atoms with E-state index < -0.39 is 24.7 Å². The van der Waals surface area contributed by atoms with Crippen LogP contribution in [0.4, 0.5) is 0 Å². The smallest absolute Gasteiger partial charge is 0.216 e. The summed E-state index contributed by atoms with van der Waals surface area (Å²) in [5, 5.41) is -0.161. The van der Waals surface area contributed by atoms with Crippen LogP contribution in [0.1, 0.15) is 47.5 Å². The molecule has 0 aromatic heterocycles. The van der Waals surface area contributed by atoms with E-state index >= 15 is 0 Å². The third kappa shape index (κ3) is 6.23. The first-order valence-corrected chi connectivity index (χ1v) is 18.4. The van der Waals surface area contributed by atoms with E-state index in [1.807, 2.05) is 0 Å². The standard InChI is InChI=1S/C17H42O2Si3/c1-13-14-15-21(9,10)18-17(4,5)22(11,12)19-16(2,3)20(6,7)8/h13-15H2,1-12H3. The average Bonchev–Trinajstić information content (AvgIpc) is 2.21. The Kier molecular flexibility index (Phi) is 7.40. The zero-order valence-electron chi connectivity index (χ0n) is 17.4. The Hall–Kier alpha value is 0.571. The Morgan fingerprint density at radius 1 is 0.727 bits per heavy atom. The van der Waals surface area contributed by atoms with Gasteiger partial charge in [0.15, 0.2) is 8.32 Å². The van der Waals surface area contributed by atoms with Crippen LogP contribution in [-0.2, 0) is 8.85 Å². The fourth-order valence-corrected chi connectivity index (χ4v) is 10.4. The lowest BCUT2D eigenvalue weighted by molar-refractivity contribution is 0.0988. The van der Waals surface area contributed by atoms with Crippen LogP contribution >= 0.6 is 0 Å². The molecule has 22 heavy (non-hydrogen) atoms. The predicted octanol–water partition coefficient (Wildman–Crippen LogP) is 6.20. The van der Waals surface area contributed by atoms with Gasteiger partial charge in [-0.1, -0.05) is 39.4 Å². The highest BCUT2D eigenvalue weighted by Gasteiger charge is 2.50. The summed E-state index contributed by atoms with van der Waals surface area (Å²) in [7, 11) is -4.99. The third-order valence-electron chi connectivity index (χ3n) is 5.43. The molecule has 0 heterocycles. The summed E-state index contributed by atoms with van der Waals surface area (Å²) in [6.07, 6.45) is 2.53. The van der Waals surface area contributed by atoms with Crippen molar-refractivity contribution in [2.45, 2.75) is 110 Å². The van der Waals surface area contributed by atoms with Crippen LogP contribution < -0.4 is 0 Å². The maximum absolute atomic E-state index is 6.80. The van der Waals surface area contributed by atoms with E-state index in [0.717, 1.165) is 0 Å². The Morgan fingerprint density at radius 3 is 1.55 bits per heavy atom. The van der Waals surface area contributed by atoms with Gasteiger partial charge in [0.25, 0.3) is 0 Å². The predicted molar refractivity (Wildman–Crippen MR) is 108 cm³/mol. The SMILES string of the molecule is CCCC[Si](C)(C)OC(C)(C)[Si](C)(C)OC(C)(C)[Si](C)(C)C. The molecule has 134 valence electrons. The molecule has 0 aliphatic heterocycles. The van der Waals surface area contributed by atoms with Crippen molar-refractivity contribution in [2.24, 2.45) is 0 Å². The van der Waals surface area contributed by atoms with Crippen molar-refractivity contribution in [3.63, 3.8) is 0 Å². The zero-order valence-corrected chi connectivity index (χ0v) is 20.4. The molecule has 0 N–H and O–H groups in total. The summed E-state index contributed by atoms with van der Waals surface area (Å²) in [6, 6.07) is 1.24. The molecule has 0 spiro atoms. The molecule has 0 saturated carbocycles. The second-order valence-corrected chi connectivity index (χ2v) is 24.2. The van der Waals surface area contributed by atoms with Gasteiger partial charge in [0.05, 0.1) is 13.3 Å². The first-order chi connectivity index (χ1) is 9.47. The number of hydrogen-bond donors (Lipinski definition) is 0. The van der Waals surface area contributed by atoms with Crippen molar-refractivity contribution < 1.29 is 8.85 Å². The summed E-state index contributed by atoms with van der Waals surface area (Å²) < 4.78 is 13.5. The lowest BCUT2D eigenvalue weighted by Crippen LogP contribution is -2.64. The molecule has 0 amide bonds. The second kappa shape index (κ2) is 7.21. The van der Waals surface area contributed by atoms with Crippen LogP contribution in [-0.4, -0.2) is 35.2 Å². The van der Waals surface area contributed by atoms with Gasteiger partial charge in [0, 0.05) is 5.22 Å². The van der Waals surface area contributed by atoms with Gasteiger partial charge in [-0.15, -0.1) is 0 Å². The van der Waals surface area contributed by atoms with Crippen molar-refractivity contribution in [2.75, 3.05) is 0 Å². The zero-order chi connectivity index (χ0) is 18.0. The molecule has 0 aromatic rings. The minimum absolute atomic E-state index is 0.0154. The highest BCUT2D eigenvalue weighted by Crippen LogP contribution is 2.36. The van der Waals surface area contributed by atoms with Gasteiger partial charge in [0.1, 0.15) is 0 Å². The highest BCUT2D eigenvalue weighted by atomic mass is 28.4. The number of hydrogen-bond acceptors (Lipinski definition) is 2. The van der Waals surface area contributed by atoms with Gasteiger partial charge in [0.2, 0.25) is 8.32 Å². The quantitative estimate of drug-likeness (QED) is 0.454. The molecule has 0 saturated heterocycles. The Morgan fingerprint density at radius 2 is 1.18 bits per heavy atom. The molecule has 0 aliphatic carbocycles. The molecule has 2 nitrogen and oxygen atoms in total. The van der Waals surface area contributed by atoms with Gasteiger partial charge in [-0.2, -0.15) is 0 Å². The van der Waals surface area contributed by atoms with Crippen LogP contribution in [0, 0.1) is 0 Å². The van der Waals surface area contributed by atoms with E-state index in [1.165, 1.54) is 18.9 Å². The molecule has 0 unspecified atom stereocenters. The maximum Gasteiger partial charge on any atom is 0.216 e. The highest BCUT2D eigenvalue weighted by molar-refractivity contribution is 6.82. The van der Waals surface area contributed by atoms with Crippen LogP contribution in [0.5, 0.6) is 0 Å². The van der Waals surface area contributed by atoms with Crippen molar-refractivity contribution in [1.29, 1.82) is 0 Å². The Labute approximate surface area is 143 Å². The Balaban J connectivity index is 5.16. The normalized spacial score (nSPS) is 15.3. The van der Waals surface area contributed by atoms with Gasteiger partial charge >= 0.3 is 0 Å². The number of unbranched alkanes of at least 4 members (excludes halogenated alkanes) is 1. The second-order valence-electron chi connectivity index (χ2n) is 9.85. The molecule has 0 fully saturated rings. The van der Waals surface area contributed by atoms with Crippen LogP contribution in [0.3, 0.4) is 0 Å². The molecule has 0 atom stereocenters. The summed E-state index contributed by atoms with van der Waals surface area (Å²) in [5.41, 5.74) is 0. The largest absolute Gasteiger partial charge is 0.412 e. The van der Waals surface area contributed by atoms with Crippen LogP contribution in [0.25, 0.3) is 0 Å². The molecule has 0 aromatic carbocycles. The first-order valence-electron chi connectivity index (χ1n) is 8.88. The van der Waals surface area contributed by atoms with Crippen molar-refractivity contribution in [1.82, 2.24) is 0 Å². The van der Waals surface area contributed by atoms with E-state index in [1.54, 1.807) is 0 Å². The van der Waals surface area contributed by atoms with E-state index in [-0.39, 0.29) is 10.4 Å². The van der Waals surface area contributed by atoms with Crippen molar-refractivity contribution >= 4 is 24.7 Å². The topological polar surface area (TPSA) is 18.5 Å². The molecular weight excluding hydrogens is 320 g/mol. The summed E-state index contributed by atoms with van der Waals surface area (Å²) in [5.74, 6) is 0. The van der Waals surface area contributed by atoms with Gasteiger partial charge < -0.3 is 8.85 Å². The Bertz CT molecular complexity index is 355. The lowest BCUT2D eigenvalue weighted by atomic mass is 10.4. The van der Waals surface area contributed by atoms with E-state index in [4.69, 9.17) is 8.85 Å². The first kappa shape index (κ1) is 22.6. The molecule has 0 bridgehead atoms. The number of rotatable bonds is 9. The fraction of sp³-hybridized carbons (Fsp3) is 1.00. The molecular formula is C17H42O2Si3. The van der Waals surface area contributed by atoms with Crippen LogP contribution in [0.2, 0.25) is 51.9 Å². The monoisotopic (exact) mass is 362 g/mol. The van der Waals surface area contributed by atoms with Gasteiger partial charge in [-0.3, -0.25) is 0 Å². The van der Waals surface area contributed by atoms with E-state index in [2.05, 4.69) is 80.4 Å². The summed E-state index contributed by atoms with van der Waals surface area (Å²) in [4.78, 5) is 0. The minimum Gasteiger partial charge on any atom is -0.412 e. The third-order valence-corrected chi connectivity index (χ3v) is 16.2. The van der Waals surface area contributed by atoms with Crippen molar-refractivity contribution in [3.8, 4) is 0 Å². The molecule has 0 radical (unpaired) electrons. The van der Waals surface area contributed by atoms with Crippen LogP contribution in [0.15, 0.2) is 0 Å². The summed E-state index contributed by atoms with van der Waals surface area (Å²) >= 11 is 0. The summed E-state index contributed by atoms with van der Waals surface area (Å²) in [6.45, 7) is 27.9. The lowest BCUT2D eigenvalue weighted by Gasteiger charge is -2.50. The minimum atomic E-state index is -1.98. The van der Waals surface area contributed by atoms with Gasteiger partial charge in [-0.05, 0) is 59.9 Å². The molecule has 5 heteroatoms. The van der Waals surface area contributed by atoms with Gasteiger partial charge in [-0.25, -0.2) is 0 Å². The maximum atomic E-state index is 6.80. The average molecular weight is 363 g/mol. The fourth-order valence-electron chi connectivity index (χ4n) is 2.38. The van der Waals surface area contributed by atoms with E-state index in [0.29, 0.717) is 0 Å². The molecule has 0 aliphatic rings. The molecule has 0 rings (SSSR count). The van der Waals surface area contributed by atoms with E-state index in [9.17, 15) is 0 Å².